The fraction of sp³-hybridized carbons (Fsp3) is 0.667. The van der Waals surface area contributed by atoms with Crippen molar-refractivity contribution in [2.45, 2.75) is 46.1 Å². The van der Waals surface area contributed by atoms with E-state index in [1.165, 1.54) is 17.8 Å². The van der Waals surface area contributed by atoms with Gasteiger partial charge in [-0.05, 0) is 24.7 Å². The van der Waals surface area contributed by atoms with Gasteiger partial charge in [0.25, 0.3) is 0 Å². The predicted octanol–water partition coefficient (Wildman–Crippen LogP) is 2.99. The van der Waals surface area contributed by atoms with Gasteiger partial charge in [-0.1, -0.05) is 32.3 Å². The van der Waals surface area contributed by atoms with E-state index in [0.29, 0.717) is 22.9 Å². The summed E-state index contributed by atoms with van der Waals surface area (Å²) in [6, 6.07) is 0. The average molecular weight is 325 g/mol. The van der Waals surface area contributed by atoms with Gasteiger partial charge >= 0.3 is 5.97 Å². The maximum atomic E-state index is 11.4. The molecular weight excluding hydrogens is 302 g/mol. The molecule has 0 aromatic carbocycles. The monoisotopic (exact) mass is 325 g/mol. The van der Waals surface area contributed by atoms with E-state index in [-0.39, 0.29) is 17.5 Å². The quantitative estimate of drug-likeness (QED) is 0.640. The molecule has 1 saturated carbocycles. The zero-order valence-electron chi connectivity index (χ0n) is 13.2. The van der Waals surface area contributed by atoms with Gasteiger partial charge in [0.1, 0.15) is 11.8 Å². The van der Waals surface area contributed by atoms with Crippen LogP contribution in [0.4, 0.5) is 5.13 Å². The highest BCUT2D eigenvalue weighted by molar-refractivity contribution is 7.13. The molecule has 0 aliphatic heterocycles. The fourth-order valence-electron chi connectivity index (χ4n) is 2.95. The van der Waals surface area contributed by atoms with Crippen molar-refractivity contribution >= 4 is 28.1 Å². The molecule has 1 aliphatic carbocycles. The third-order valence-corrected chi connectivity index (χ3v) is 4.88. The first kappa shape index (κ1) is 16.7. The number of oxime groups is 1. The zero-order chi connectivity index (χ0) is 16.3. The lowest BCUT2D eigenvalue weighted by Gasteiger charge is -2.35. The highest BCUT2D eigenvalue weighted by Gasteiger charge is 2.33. The van der Waals surface area contributed by atoms with E-state index in [9.17, 15) is 9.90 Å². The topological polar surface area (TPSA) is 97.8 Å². The molecule has 122 valence electrons. The zero-order valence-corrected chi connectivity index (χ0v) is 14.0. The largest absolute Gasteiger partial charge is 0.476 e. The van der Waals surface area contributed by atoms with Crippen LogP contribution >= 0.6 is 11.3 Å². The van der Waals surface area contributed by atoms with Crippen molar-refractivity contribution in [3.05, 3.63) is 11.1 Å². The summed E-state index contributed by atoms with van der Waals surface area (Å²) < 4.78 is 0. The van der Waals surface area contributed by atoms with Gasteiger partial charge in [0, 0.05) is 11.3 Å². The Hall–Kier alpha value is -1.63. The number of thiazole rings is 1. The molecule has 0 amide bonds. The first-order valence-corrected chi connectivity index (χ1v) is 8.45. The summed E-state index contributed by atoms with van der Waals surface area (Å²) in [5.41, 5.74) is 5.62. The van der Waals surface area contributed by atoms with Crippen molar-refractivity contribution in [2.24, 2.45) is 22.9 Å². The predicted molar refractivity (Wildman–Crippen MR) is 86.9 cm³/mol. The number of anilines is 1. The second-order valence-electron chi connectivity index (χ2n) is 6.29. The number of rotatable bonds is 5. The minimum Gasteiger partial charge on any atom is -0.476 e. The van der Waals surface area contributed by atoms with Crippen LogP contribution in [0.2, 0.25) is 0 Å². The van der Waals surface area contributed by atoms with Crippen molar-refractivity contribution < 1.29 is 14.7 Å². The second-order valence-corrected chi connectivity index (χ2v) is 7.18. The Kier molecular flexibility index (Phi) is 5.39. The van der Waals surface area contributed by atoms with E-state index in [1.807, 2.05) is 0 Å². The summed E-state index contributed by atoms with van der Waals surface area (Å²) >= 11 is 1.18. The van der Waals surface area contributed by atoms with Gasteiger partial charge in [0.05, 0.1) is 0 Å². The first-order valence-electron chi connectivity index (χ1n) is 7.57. The van der Waals surface area contributed by atoms with E-state index in [1.54, 1.807) is 5.38 Å². The van der Waals surface area contributed by atoms with E-state index in [0.717, 1.165) is 12.8 Å². The number of carboxylic acids is 1. The molecule has 0 spiro atoms. The van der Waals surface area contributed by atoms with Crippen molar-refractivity contribution in [3.8, 4) is 0 Å². The molecule has 0 unspecified atom stereocenters. The van der Waals surface area contributed by atoms with Crippen LogP contribution in [0.25, 0.3) is 0 Å². The molecule has 0 bridgehead atoms. The normalized spacial score (nSPS) is 26.2. The van der Waals surface area contributed by atoms with Crippen LogP contribution in [0.5, 0.6) is 0 Å². The molecule has 0 radical (unpaired) electrons. The van der Waals surface area contributed by atoms with E-state index in [4.69, 9.17) is 10.6 Å². The fourth-order valence-corrected chi connectivity index (χ4v) is 3.50. The summed E-state index contributed by atoms with van der Waals surface area (Å²) in [5, 5.41) is 15.1. The molecule has 2 rings (SSSR count). The Morgan fingerprint density at radius 1 is 1.55 bits per heavy atom. The van der Waals surface area contributed by atoms with Gasteiger partial charge in [0.2, 0.25) is 5.71 Å². The number of carboxylic acid groups (broad SMARTS) is 1. The summed E-state index contributed by atoms with van der Waals surface area (Å²) in [6.07, 6.45) is 3.12. The smallest absolute Gasteiger partial charge is 0.360 e. The van der Waals surface area contributed by atoms with Gasteiger partial charge in [0.15, 0.2) is 5.13 Å². The van der Waals surface area contributed by atoms with Crippen molar-refractivity contribution in [1.29, 1.82) is 0 Å². The molecule has 1 aromatic rings. The van der Waals surface area contributed by atoms with Crippen LogP contribution in [0, 0.1) is 17.8 Å². The molecule has 0 saturated heterocycles. The Bertz CT molecular complexity index is 556. The summed E-state index contributed by atoms with van der Waals surface area (Å²) in [4.78, 5) is 21.0. The molecular formula is C15H23N3O3S. The summed E-state index contributed by atoms with van der Waals surface area (Å²) in [7, 11) is 0. The third-order valence-electron chi connectivity index (χ3n) is 4.21. The molecule has 7 heteroatoms. The number of hydrogen-bond donors (Lipinski definition) is 2. The Morgan fingerprint density at radius 2 is 2.27 bits per heavy atom. The van der Waals surface area contributed by atoms with E-state index < -0.39 is 5.97 Å². The summed E-state index contributed by atoms with van der Waals surface area (Å²) in [5.74, 6) is 0.292. The van der Waals surface area contributed by atoms with Gasteiger partial charge in [-0.3, -0.25) is 0 Å². The van der Waals surface area contributed by atoms with Gasteiger partial charge in [-0.25, -0.2) is 9.78 Å². The minimum absolute atomic E-state index is 0.0471. The molecule has 3 atom stereocenters. The standard InChI is InChI=1S/C15H23N3O3S/c1-8(2)10-5-4-9(3)6-12(10)21-18-13(14(19)20)11-7-22-15(16)17-11/h7-10,12H,4-6H2,1-3H3,(H2,16,17)(H,19,20)/b18-13-/t9-,10+,12+/m1/s1. The van der Waals surface area contributed by atoms with Gasteiger partial charge < -0.3 is 15.7 Å². The third kappa shape index (κ3) is 3.97. The maximum Gasteiger partial charge on any atom is 0.360 e. The molecule has 22 heavy (non-hydrogen) atoms. The van der Waals surface area contributed by atoms with Gasteiger partial charge in [-0.15, -0.1) is 11.3 Å². The van der Waals surface area contributed by atoms with E-state index in [2.05, 4.69) is 30.9 Å². The molecule has 1 heterocycles. The van der Waals surface area contributed by atoms with E-state index >= 15 is 0 Å². The number of nitrogens with two attached hydrogens (primary N) is 1. The molecule has 6 nitrogen and oxygen atoms in total. The number of nitrogens with zero attached hydrogens (tertiary/aromatic N) is 2. The van der Waals surface area contributed by atoms with Gasteiger partial charge in [-0.2, -0.15) is 0 Å². The number of hydrogen-bond acceptors (Lipinski definition) is 6. The van der Waals surface area contributed by atoms with Crippen molar-refractivity contribution in [2.75, 3.05) is 5.73 Å². The number of aromatic nitrogens is 1. The van der Waals surface area contributed by atoms with Crippen LogP contribution in [0.15, 0.2) is 10.5 Å². The van der Waals surface area contributed by atoms with Crippen LogP contribution < -0.4 is 5.73 Å². The van der Waals surface area contributed by atoms with Crippen molar-refractivity contribution in [3.63, 3.8) is 0 Å². The molecule has 3 N–H and O–H groups in total. The van der Waals surface area contributed by atoms with Crippen molar-refractivity contribution in [1.82, 2.24) is 4.98 Å². The van der Waals surface area contributed by atoms with Crippen LogP contribution in [0.1, 0.15) is 45.7 Å². The SMILES string of the molecule is CC(C)[C@@H]1CC[C@@H](C)C[C@@H]1O/N=C(\C(=O)O)c1csc(N)n1. The second kappa shape index (κ2) is 7.09. The minimum atomic E-state index is -1.16. The van der Waals surface area contributed by atoms with Crippen LogP contribution in [-0.4, -0.2) is 27.9 Å². The van der Waals surface area contributed by atoms with Crippen LogP contribution in [0.3, 0.4) is 0 Å². The highest BCUT2D eigenvalue weighted by atomic mass is 32.1. The lowest BCUT2D eigenvalue weighted by molar-refractivity contribution is -0.129. The number of carbonyl (C=O) groups is 1. The first-order chi connectivity index (χ1) is 10.4. The Morgan fingerprint density at radius 3 is 2.82 bits per heavy atom. The number of nitrogen functional groups attached to an aromatic ring is 1. The average Bonchev–Trinajstić information content (AvgIpc) is 2.84. The molecule has 1 fully saturated rings. The lowest BCUT2D eigenvalue weighted by atomic mass is 9.75. The molecule has 1 aromatic heterocycles. The Labute approximate surface area is 134 Å². The van der Waals surface area contributed by atoms with Crippen LogP contribution in [-0.2, 0) is 9.63 Å². The maximum absolute atomic E-state index is 11.4. The Balaban J connectivity index is 2.16. The summed E-state index contributed by atoms with van der Waals surface area (Å²) in [6.45, 7) is 6.52. The highest BCUT2D eigenvalue weighted by Crippen LogP contribution is 2.35. The number of aliphatic carboxylic acids is 1. The molecule has 1 aliphatic rings. The lowest BCUT2D eigenvalue weighted by Crippen LogP contribution is -2.33.